The number of nitrogens with one attached hydrogen (secondary N) is 1. The Balaban J connectivity index is 1.63. The van der Waals surface area contributed by atoms with Crippen LogP contribution in [0.1, 0.15) is 10.4 Å². The van der Waals surface area contributed by atoms with Crippen molar-refractivity contribution in [3.63, 3.8) is 0 Å². The summed E-state index contributed by atoms with van der Waals surface area (Å²) in [4.78, 5) is 20.6. The molecule has 1 N–H and O–H groups in total. The van der Waals surface area contributed by atoms with Gasteiger partial charge in [-0.25, -0.2) is 18.7 Å². The highest BCUT2D eigenvalue weighted by Gasteiger charge is 2.18. The van der Waals surface area contributed by atoms with E-state index in [-0.39, 0.29) is 5.82 Å². The highest BCUT2D eigenvalue weighted by Crippen LogP contribution is 2.26. The molecule has 0 fully saturated rings. The largest absolute Gasteiger partial charge is 0.305 e. The Hall–Kier alpha value is -3.68. The zero-order chi connectivity index (χ0) is 19.0. The van der Waals surface area contributed by atoms with Crippen LogP contribution in [0.2, 0.25) is 0 Å². The van der Waals surface area contributed by atoms with E-state index in [9.17, 15) is 13.6 Å². The van der Waals surface area contributed by atoms with Crippen LogP contribution < -0.4 is 5.32 Å². The number of rotatable bonds is 3. The zero-order valence-corrected chi connectivity index (χ0v) is 14.1. The van der Waals surface area contributed by atoms with Gasteiger partial charge in [0.05, 0.1) is 23.6 Å². The summed E-state index contributed by atoms with van der Waals surface area (Å²) in [7, 11) is 1.80. The molecule has 0 aliphatic rings. The lowest BCUT2D eigenvalue weighted by atomic mass is 10.1. The molecule has 8 heteroatoms. The molecular weight excluding hydrogens is 352 g/mol. The van der Waals surface area contributed by atoms with E-state index < -0.39 is 23.1 Å². The zero-order valence-electron chi connectivity index (χ0n) is 14.1. The molecule has 2 aromatic carbocycles. The predicted octanol–water partition coefficient (Wildman–Crippen LogP) is 3.56. The van der Waals surface area contributed by atoms with Gasteiger partial charge < -0.3 is 5.32 Å². The highest BCUT2D eigenvalue weighted by molar-refractivity contribution is 6.04. The summed E-state index contributed by atoms with van der Waals surface area (Å²) in [5, 5.41) is 7.68. The van der Waals surface area contributed by atoms with Gasteiger partial charge in [-0.1, -0.05) is 24.3 Å². The molecule has 2 heterocycles. The topological polar surface area (TPSA) is 72.7 Å². The molecule has 0 unspecified atom stereocenters. The minimum Gasteiger partial charge on any atom is -0.305 e. The summed E-state index contributed by atoms with van der Waals surface area (Å²) in [5.41, 5.74) is 1.49. The fourth-order valence-corrected chi connectivity index (χ4v) is 2.86. The molecule has 2 aromatic heterocycles. The molecule has 0 aliphatic heterocycles. The minimum absolute atomic E-state index is 0.0814. The molecule has 4 rings (SSSR count). The number of anilines is 1. The van der Waals surface area contributed by atoms with Gasteiger partial charge in [0, 0.05) is 12.4 Å². The third-order valence-electron chi connectivity index (χ3n) is 4.07. The Morgan fingerprint density at radius 3 is 2.44 bits per heavy atom. The van der Waals surface area contributed by atoms with Crippen LogP contribution in [-0.2, 0) is 7.05 Å². The first-order valence-electron chi connectivity index (χ1n) is 8.04. The molecule has 4 aromatic rings. The molecule has 0 bridgehead atoms. The molecule has 0 saturated carbocycles. The number of carbonyl (C=O) groups is 1. The van der Waals surface area contributed by atoms with Gasteiger partial charge in [0.2, 0.25) is 0 Å². The van der Waals surface area contributed by atoms with Crippen LogP contribution in [-0.4, -0.2) is 25.7 Å². The van der Waals surface area contributed by atoms with Crippen molar-refractivity contribution in [1.29, 1.82) is 0 Å². The first kappa shape index (κ1) is 16.8. The first-order valence-corrected chi connectivity index (χ1v) is 8.04. The van der Waals surface area contributed by atoms with Gasteiger partial charge in [-0.15, -0.1) is 0 Å². The van der Waals surface area contributed by atoms with Crippen LogP contribution in [0.25, 0.3) is 22.3 Å². The van der Waals surface area contributed by atoms with Crippen molar-refractivity contribution in [1.82, 2.24) is 19.7 Å². The van der Waals surface area contributed by atoms with Crippen molar-refractivity contribution in [2.24, 2.45) is 7.05 Å². The molecular formula is C19H13F2N5O. The minimum atomic E-state index is -0.946. The Kier molecular flexibility index (Phi) is 4.08. The highest BCUT2D eigenvalue weighted by atomic mass is 19.1. The molecule has 27 heavy (non-hydrogen) atoms. The Morgan fingerprint density at radius 1 is 1.00 bits per heavy atom. The quantitative estimate of drug-likeness (QED) is 0.603. The lowest BCUT2D eigenvalue weighted by molar-refractivity contribution is 0.101. The number of carbonyl (C=O) groups excluding carboxylic acids is 1. The molecule has 0 radical (unpaired) electrons. The molecule has 134 valence electrons. The molecule has 0 aliphatic carbocycles. The molecule has 0 spiro atoms. The van der Waals surface area contributed by atoms with E-state index in [4.69, 9.17) is 0 Å². The van der Waals surface area contributed by atoms with E-state index in [1.54, 1.807) is 11.7 Å². The smallest absolute Gasteiger partial charge is 0.262 e. The second kappa shape index (κ2) is 6.56. The van der Waals surface area contributed by atoms with Gasteiger partial charge in [0.1, 0.15) is 22.9 Å². The van der Waals surface area contributed by atoms with Crippen LogP contribution in [0, 0.1) is 11.6 Å². The van der Waals surface area contributed by atoms with E-state index in [1.807, 2.05) is 24.3 Å². The summed E-state index contributed by atoms with van der Waals surface area (Å²) < 4.78 is 29.1. The SMILES string of the molecule is Cn1nc2ccccc2c1-c1cnc(NC(=O)c2c(F)cccc2F)cn1. The Morgan fingerprint density at radius 2 is 1.74 bits per heavy atom. The number of aryl methyl sites for hydroxylation is 1. The van der Waals surface area contributed by atoms with Crippen molar-refractivity contribution in [2.75, 3.05) is 5.32 Å². The third-order valence-corrected chi connectivity index (χ3v) is 4.07. The molecule has 1 amide bonds. The summed E-state index contributed by atoms with van der Waals surface area (Å²) >= 11 is 0. The number of hydrogen-bond acceptors (Lipinski definition) is 4. The number of nitrogens with zero attached hydrogens (tertiary/aromatic N) is 4. The van der Waals surface area contributed by atoms with Gasteiger partial charge >= 0.3 is 0 Å². The van der Waals surface area contributed by atoms with Gasteiger partial charge in [-0.3, -0.25) is 9.48 Å². The summed E-state index contributed by atoms with van der Waals surface area (Å²) in [6.45, 7) is 0. The van der Waals surface area contributed by atoms with Crippen LogP contribution in [0.3, 0.4) is 0 Å². The molecule has 0 saturated heterocycles. The van der Waals surface area contributed by atoms with E-state index in [1.165, 1.54) is 18.5 Å². The molecule has 6 nitrogen and oxygen atoms in total. The Bertz CT molecular complexity index is 1130. The van der Waals surface area contributed by atoms with Crippen LogP contribution in [0.15, 0.2) is 54.9 Å². The number of halogens is 2. The normalized spacial score (nSPS) is 10.9. The second-order valence-corrected chi connectivity index (χ2v) is 5.83. The number of aromatic nitrogens is 4. The van der Waals surface area contributed by atoms with E-state index in [2.05, 4.69) is 20.4 Å². The van der Waals surface area contributed by atoms with Crippen molar-refractivity contribution in [3.8, 4) is 11.4 Å². The van der Waals surface area contributed by atoms with Gasteiger partial charge in [0.25, 0.3) is 5.91 Å². The first-order chi connectivity index (χ1) is 13.0. The average molecular weight is 365 g/mol. The standard InChI is InChI=1S/C19H13F2N5O/c1-26-18(11-5-2-3-8-14(11)25-26)15-9-23-16(10-22-15)24-19(27)17-12(20)6-4-7-13(17)21/h2-10H,1H3,(H,23,24,27). The lowest BCUT2D eigenvalue weighted by Crippen LogP contribution is -2.16. The number of amides is 1. The van der Waals surface area contributed by atoms with Crippen LogP contribution >= 0.6 is 0 Å². The van der Waals surface area contributed by atoms with Crippen molar-refractivity contribution < 1.29 is 13.6 Å². The fraction of sp³-hybridized carbons (Fsp3) is 0.0526. The number of benzene rings is 2. The van der Waals surface area contributed by atoms with E-state index in [0.717, 1.165) is 28.7 Å². The Labute approximate surface area is 152 Å². The molecule has 0 atom stereocenters. The van der Waals surface area contributed by atoms with E-state index in [0.29, 0.717) is 5.69 Å². The van der Waals surface area contributed by atoms with Gasteiger partial charge in [-0.2, -0.15) is 5.10 Å². The summed E-state index contributed by atoms with van der Waals surface area (Å²) in [6, 6.07) is 10.8. The third kappa shape index (κ3) is 3.01. The lowest BCUT2D eigenvalue weighted by Gasteiger charge is -2.07. The maximum atomic E-state index is 13.7. The van der Waals surface area contributed by atoms with Crippen molar-refractivity contribution in [2.45, 2.75) is 0 Å². The van der Waals surface area contributed by atoms with Crippen molar-refractivity contribution in [3.05, 3.63) is 72.1 Å². The number of hydrogen-bond donors (Lipinski definition) is 1. The van der Waals surface area contributed by atoms with Crippen LogP contribution in [0.4, 0.5) is 14.6 Å². The maximum absolute atomic E-state index is 13.7. The van der Waals surface area contributed by atoms with Gasteiger partial charge in [0.15, 0.2) is 5.82 Å². The average Bonchev–Trinajstić information content (AvgIpc) is 2.98. The summed E-state index contributed by atoms with van der Waals surface area (Å²) in [5.74, 6) is -2.74. The second-order valence-electron chi connectivity index (χ2n) is 5.83. The monoisotopic (exact) mass is 365 g/mol. The number of fused-ring (bicyclic) bond motifs is 1. The summed E-state index contributed by atoms with van der Waals surface area (Å²) in [6.07, 6.45) is 2.80. The predicted molar refractivity (Wildman–Crippen MR) is 96.1 cm³/mol. The van der Waals surface area contributed by atoms with Gasteiger partial charge in [-0.05, 0) is 18.2 Å². The van der Waals surface area contributed by atoms with E-state index >= 15 is 0 Å². The van der Waals surface area contributed by atoms with Crippen LogP contribution in [0.5, 0.6) is 0 Å². The van der Waals surface area contributed by atoms with Crippen molar-refractivity contribution >= 4 is 22.6 Å². The fourth-order valence-electron chi connectivity index (χ4n) is 2.86. The maximum Gasteiger partial charge on any atom is 0.262 e.